The summed E-state index contributed by atoms with van der Waals surface area (Å²) in [5.41, 5.74) is -1.19. The number of rotatable bonds is 4. The van der Waals surface area contributed by atoms with Crippen LogP contribution in [-0.2, 0) is 9.47 Å². The van der Waals surface area contributed by atoms with E-state index in [0.717, 1.165) is 4.90 Å². The van der Waals surface area contributed by atoms with Crippen molar-refractivity contribution in [2.45, 2.75) is 65.3 Å². The Labute approximate surface area is 252 Å². The number of aromatic nitrogens is 2. The van der Waals surface area contributed by atoms with Crippen LogP contribution >= 0.6 is 0 Å². The van der Waals surface area contributed by atoms with E-state index in [1.165, 1.54) is 24.5 Å². The molecule has 14 heteroatoms. The minimum Gasteiger partial charge on any atom is -0.474 e. The number of benzene rings is 1. The van der Waals surface area contributed by atoms with Gasteiger partial charge in [0.25, 0.3) is 0 Å². The SMILES string of the molecule is Cc1c(-c2cc3cc(NC(=O)O[C@H]4C[C@@](C)(O)[C@H]4C)ncc3c(NC(=O)OC(C)(C)C)c2F)cnc2c1N(C(=O)O)CCO2. The third-order valence-corrected chi connectivity index (χ3v) is 7.85. The number of nitrogens with one attached hydrogen (secondary N) is 2. The summed E-state index contributed by atoms with van der Waals surface area (Å²) in [5.74, 6) is -0.891. The van der Waals surface area contributed by atoms with Crippen molar-refractivity contribution in [3.8, 4) is 17.0 Å². The molecule has 4 N–H and O–H groups in total. The van der Waals surface area contributed by atoms with E-state index in [9.17, 15) is 24.6 Å². The lowest BCUT2D eigenvalue weighted by atomic mass is 9.69. The summed E-state index contributed by atoms with van der Waals surface area (Å²) in [7, 11) is 0. The molecular weight excluding hydrogens is 577 g/mol. The zero-order chi connectivity index (χ0) is 32.1. The molecule has 5 rings (SSSR count). The lowest BCUT2D eigenvalue weighted by Crippen LogP contribution is -2.55. The molecule has 3 heterocycles. The number of ether oxygens (including phenoxy) is 3. The van der Waals surface area contributed by atoms with Crippen LogP contribution in [0.15, 0.2) is 24.5 Å². The van der Waals surface area contributed by atoms with Crippen LogP contribution in [0.2, 0.25) is 0 Å². The molecule has 1 fully saturated rings. The first-order valence-electron chi connectivity index (χ1n) is 14.0. The smallest absolute Gasteiger partial charge is 0.413 e. The first kappa shape index (κ1) is 30.7. The average Bonchev–Trinajstić information content (AvgIpc) is 2.93. The van der Waals surface area contributed by atoms with Gasteiger partial charge in [-0.2, -0.15) is 0 Å². The molecule has 1 aromatic carbocycles. The Kier molecular flexibility index (Phi) is 7.74. The van der Waals surface area contributed by atoms with Crippen LogP contribution in [-0.4, -0.2) is 68.9 Å². The third kappa shape index (κ3) is 5.89. The molecule has 13 nitrogen and oxygen atoms in total. The van der Waals surface area contributed by atoms with Gasteiger partial charge < -0.3 is 24.4 Å². The monoisotopic (exact) mass is 611 g/mol. The molecule has 0 bridgehead atoms. The lowest BCUT2D eigenvalue weighted by molar-refractivity contribution is -0.153. The van der Waals surface area contributed by atoms with Crippen molar-refractivity contribution >= 4 is 46.2 Å². The second-order valence-electron chi connectivity index (χ2n) is 12.2. The number of amides is 3. The highest BCUT2D eigenvalue weighted by Gasteiger charge is 2.49. The van der Waals surface area contributed by atoms with Gasteiger partial charge in [-0.3, -0.25) is 15.5 Å². The quantitative estimate of drug-likeness (QED) is 0.288. The lowest BCUT2D eigenvalue weighted by Gasteiger charge is -2.46. The largest absolute Gasteiger partial charge is 0.474 e. The van der Waals surface area contributed by atoms with Crippen LogP contribution in [0.25, 0.3) is 21.9 Å². The molecule has 3 aromatic rings. The first-order valence-corrected chi connectivity index (χ1v) is 14.0. The molecule has 1 aliphatic carbocycles. The maximum absolute atomic E-state index is 16.4. The number of pyridine rings is 2. The summed E-state index contributed by atoms with van der Waals surface area (Å²) in [4.78, 5) is 46.9. The van der Waals surface area contributed by atoms with Crippen molar-refractivity contribution in [1.82, 2.24) is 9.97 Å². The fourth-order valence-corrected chi connectivity index (χ4v) is 5.29. The Balaban J connectivity index is 1.57. The number of carbonyl (C=O) groups excluding carboxylic acids is 2. The van der Waals surface area contributed by atoms with Crippen molar-refractivity contribution in [3.63, 3.8) is 0 Å². The maximum atomic E-state index is 16.4. The number of halogens is 1. The molecule has 2 aliphatic rings. The molecule has 0 unspecified atom stereocenters. The molecule has 0 saturated heterocycles. The summed E-state index contributed by atoms with van der Waals surface area (Å²) >= 11 is 0. The molecule has 0 spiro atoms. The Morgan fingerprint density at radius 2 is 1.86 bits per heavy atom. The predicted molar refractivity (Wildman–Crippen MR) is 159 cm³/mol. The standard InChI is InChI=1S/C30H34FN5O8/c1-14-18(12-33-25-24(14)36(28(39)40)7-8-42-25)17-9-16-10-21(34-26(37)43-20-11-30(6,41)15(20)2)32-13-19(16)23(22(17)31)35-27(38)44-29(3,4)5/h9-10,12-13,15,20,41H,7-8,11H2,1-6H3,(H,35,38)(H,39,40)(H,32,34,37)/t15-,20-,30+/m0/s1. The van der Waals surface area contributed by atoms with Crippen LogP contribution < -0.4 is 20.3 Å². The minimum absolute atomic E-state index is 0.00229. The van der Waals surface area contributed by atoms with E-state index in [2.05, 4.69) is 20.6 Å². The molecule has 1 aliphatic heterocycles. The van der Waals surface area contributed by atoms with Gasteiger partial charge >= 0.3 is 18.3 Å². The summed E-state index contributed by atoms with van der Waals surface area (Å²) < 4.78 is 32.7. The number of anilines is 3. The van der Waals surface area contributed by atoms with Crippen LogP contribution in [0.4, 0.5) is 36.0 Å². The average molecular weight is 612 g/mol. The fourth-order valence-electron chi connectivity index (χ4n) is 5.29. The topological polar surface area (TPSA) is 172 Å². The van der Waals surface area contributed by atoms with Crippen LogP contribution in [0, 0.1) is 18.7 Å². The first-order chi connectivity index (χ1) is 20.6. The predicted octanol–water partition coefficient (Wildman–Crippen LogP) is 5.68. The van der Waals surface area contributed by atoms with Crippen molar-refractivity contribution in [1.29, 1.82) is 0 Å². The van der Waals surface area contributed by atoms with Crippen molar-refractivity contribution in [2.24, 2.45) is 5.92 Å². The summed E-state index contributed by atoms with van der Waals surface area (Å²) in [5, 5.41) is 25.5. The highest BCUT2D eigenvalue weighted by Crippen LogP contribution is 2.43. The van der Waals surface area contributed by atoms with Gasteiger partial charge in [0.05, 0.1) is 17.8 Å². The van der Waals surface area contributed by atoms with Gasteiger partial charge in [0, 0.05) is 41.2 Å². The number of hydrogen-bond acceptors (Lipinski definition) is 9. The minimum atomic E-state index is -1.21. The van der Waals surface area contributed by atoms with Gasteiger partial charge in [0.1, 0.15) is 29.8 Å². The van der Waals surface area contributed by atoms with Crippen molar-refractivity contribution < 1.29 is 43.2 Å². The second-order valence-corrected chi connectivity index (χ2v) is 12.2. The van der Waals surface area contributed by atoms with E-state index >= 15 is 4.39 Å². The third-order valence-electron chi connectivity index (χ3n) is 7.85. The number of aliphatic hydroxyl groups is 1. The molecule has 2 aromatic heterocycles. The van der Waals surface area contributed by atoms with Gasteiger partial charge in [-0.05, 0) is 57.7 Å². The van der Waals surface area contributed by atoms with Gasteiger partial charge in [0.2, 0.25) is 5.88 Å². The van der Waals surface area contributed by atoms with Crippen molar-refractivity contribution in [2.75, 3.05) is 28.7 Å². The Morgan fingerprint density at radius 3 is 2.50 bits per heavy atom. The van der Waals surface area contributed by atoms with Crippen LogP contribution in [0.3, 0.4) is 0 Å². The Morgan fingerprint density at radius 1 is 1.14 bits per heavy atom. The van der Waals surface area contributed by atoms with Gasteiger partial charge in [-0.25, -0.2) is 28.7 Å². The summed E-state index contributed by atoms with van der Waals surface area (Å²) in [6, 6.07) is 2.97. The van der Waals surface area contributed by atoms with E-state index < -0.39 is 41.4 Å². The number of carbonyl (C=O) groups is 3. The number of nitrogens with zero attached hydrogens (tertiary/aromatic N) is 3. The zero-order valence-corrected chi connectivity index (χ0v) is 25.1. The number of hydrogen-bond donors (Lipinski definition) is 4. The van der Waals surface area contributed by atoms with Crippen molar-refractivity contribution in [3.05, 3.63) is 35.9 Å². The highest BCUT2D eigenvalue weighted by molar-refractivity contribution is 6.04. The van der Waals surface area contributed by atoms with Gasteiger partial charge in [-0.15, -0.1) is 0 Å². The molecule has 3 amide bonds. The normalized spacial score (nSPS) is 21.0. The molecular formula is C30H34FN5O8. The molecule has 234 valence electrons. The Hall–Kier alpha value is -4.72. The van der Waals surface area contributed by atoms with E-state index in [0.29, 0.717) is 17.4 Å². The Bertz CT molecular complexity index is 1670. The second kappa shape index (κ2) is 11.1. The number of carboxylic acid groups (broad SMARTS) is 1. The fraction of sp³-hybridized carbons (Fsp3) is 0.433. The molecule has 1 saturated carbocycles. The van der Waals surface area contributed by atoms with E-state index in [-0.39, 0.29) is 58.7 Å². The maximum Gasteiger partial charge on any atom is 0.413 e. The van der Waals surface area contributed by atoms with E-state index in [4.69, 9.17) is 14.2 Å². The molecule has 3 atom stereocenters. The summed E-state index contributed by atoms with van der Waals surface area (Å²) in [6.07, 6.45) is -0.402. The van der Waals surface area contributed by atoms with Gasteiger partial charge in [0.15, 0.2) is 5.82 Å². The zero-order valence-electron chi connectivity index (χ0n) is 25.1. The number of fused-ring (bicyclic) bond motifs is 2. The van der Waals surface area contributed by atoms with E-state index in [1.54, 1.807) is 41.5 Å². The van der Waals surface area contributed by atoms with E-state index in [1.807, 2.05) is 0 Å². The molecule has 0 radical (unpaired) electrons. The van der Waals surface area contributed by atoms with Crippen LogP contribution in [0.1, 0.15) is 46.6 Å². The molecule has 44 heavy (non-hydrogen) atoms. The van der Waals surface area contributed by atoms with Gasteiger partial charge in [-0.1, -0.05) is 6.92 Å². The highest BCUT2D eigenvalue weighted by atomic mass is 19.1. The summed E-state index contributed by atoms with van der Waals surface area (Å²) in [6.45, 7) is 10.3. The van der Waals surface area contributed by atoms with Crippen LogP contribution in [0.5, 0.6) is 5.88 Å².